The Kier molecular flexibility index (Phi) is 5.65. The number of hydrogen-bond acceptors (Lipinski definition) is 4. The van der Waals surface area contributed by atoms with Gasteiger partial charge in [-0.05, 0) is 38.1 Å². The second-order valence-electron chi connectivity index (χ2n) is 4.45. The van der Waals surface area contributed by atoms with Crippen LogP contribution in [-0.2, 0) is 9.53 Å². The molecule has 0 saturated heterocycles. The van der Waals surface area contributed by atoms with E-state index in [4.69, 9.17) is 10.5 Å². The highest BCUT2D eigenvalue weighted by Gasteiger charge is 2.15. The maximum Gasteiger partial charge on any atom is 0.306 e. The molecule has 0 heterocycles. The maximum absolute atomic E-state index is 11.3. The predicted octanol–water partition coefficient (Wildman–Crippen LogP) is 2.08. The molecule has 0 saturated carbocycles. The Bertz CT molecular complexity index is 373. The van der Waals surface area contributed by atoms with E-state index in [1.165, 1.54) is 7.11 Å². The van der Waals surface area contributed by atoms with Gasteiger partial charge in [0.1, 0.15) is 5.75 Å². The molecule has 0 bridgehead atoms. The Hall–Kier alpha value is -1.55. The molecule has 0 radical (unpaired) electrons. The summed E-state index contributed by atoms with van der Waals surface area (Å²) >= 11 is 0. The zero-order valence-corrected chi connectivity index (χ0v) is 11.2. The van der Waals surface area contributed by atoms with E-state index in [9.17, 15) is 4.79 Å². The number of methoxy groups -OCH3 is 1. The van der Waals surface area contributed by atoms with Gasteiger partial charge in [0.25, 0.3) is 0 Å². The summed E-state index contributed by atoms with van der Waals surface area (Å²) in [6, 6.07) is 7.68. The monoisotopic (exact) mass is 251 g/mol. The fourth-order valence-electron chi connectivity index (χ4n) is 1.71. The van der Waals surface area contributed by atoms with Crippen LogP contribution >= 0.6 is 0 Å². The van der Waals surface area contributed by atoms with Crippen LogP contribution in [0, 0.1) is 0 Å². The van der Waals surface area contributed by atoms with Gasteiger partial charge in [-0.2, -0.15) is 0 Å². The third-order valence-corrected chi connectivity index (χ3v) is 2.65. The Balaban J connectivity index is 2.72. The molecule has 2 N–H and O–H groups in total. The molecule has 0 amide bonds. The van der Waals surface area contributed by atoms with Crippen LogP contribution in [0.4, 0.5) is 0 Å². The SMILES string of the molecule is COC(=O)CC(CN)c1ccc(OC(C)C)cc1. The zero-order valence-electron chi connectivity index (χ0n) is 11.2. The minimum Gasteiger partial charge on any atom is -0.491 e. The molecule has 1 unspecified atom stereocenters. The van der Waals surface area contributed by atoms with Crippen molar-refractivity contribution in [1.29, 1.82) is 0 Å². The molecule has 18 heavy (non-hydrogen) atoms. The first-order chi connectivity index (χ1) is 8.56. The van der Waals surface area contributed by atoms with Crippen LogP contribution in [0.3, 0.4) is 0 Å². The number of carbonyl (C=O) groups excluding carboxylic acids is 1. The maximum atomic E-state index is 11.3. The molecule has 0 spiro atoms. The molecule has 0 aliphatic heterocycles. The fourth-order valence-corrected chi connectivity index (χ4v) is 1.71. The lowest BCUT2D eigenvalue weighted by atomic mass is 9.96. The van der Waals surface area contributed by atoms with Crippen LogP contribution in [0.5, 0.6) is 5.75 Å². The lowest BCUT2D eigenvalue weighted by molar-refractivity contribution is -0.141. The first-order valence-corrected chi connectivity index (χ1v) is 6.10. The van der Waals surface area contributed by atoms with Crippen LogP contribution in [0.15, 0.2) is 24.3 Å². The molecule has 0 aliphatic rings. The number of esters is 1. The van der Waals surface area contributed by atoms with Crippen molar-refractivity contribution in [2.75, 3.05) is 13.7 Å². The van der Waals surface area contributed by atoms with Crippen molar-refractivity contribution in [2.45, 2.75) is 32.3 Å². The lowest BCUT2D eigenvalue weighted by Crippen LogP contribution is -2.17. The summed E-state index contributed by atoms with van der Waals surface area (Å²) in [5.41, 5.74) is 6.71. The van der Waals surface area contributed by atoms with Gasteiger partial charge in [-0.3, -0.25) is 4.79 Å². The molecule has 0 fully saturated rings. The summed E-state index contributed by atoms with van der Waals surface area (Å²) in [6.07, 6.45) is 0.452. The van der Waals surface area contributed by atoms with Gasteiger partial charge in [0.15, 0.2) is 0 Å². The van der Waals surface area contributed by atoms with Gasteiger partial charge in [-0.15, -0.1) is 0 Å². The quantitative estimate of drug-likeness (QED) is 0.786. The Labute approximate surface area is 108 Å². The lowest BCUT2D eigenvalue weighted by Gasteiger charge is -2.15. The third-order valence-electron chi connectivity index (χ3n) is 2.65. The fraction of sp³-hybridized carbons (Fsp3) is 0.500. The highest BCUT2D eigenvalue weighted by atomic mass is 16.5. The van der Waals surface area contributed by atoms with Crippen molar-refractivity contribution in [3.8, 4) is 5.75 Å². The highest BCUT2D eigenvalue weighted by molar-refractivity contribution is 5.70. The molecule has 1 aromatic rings. The van der Waals surface area contributed by atoms with E-state index in [0.29, 0.717) is 13.0 Å². The first-order valence-electron chi connectivity index (χ1n) is 6.10. The average Bonchev–Trinajstić information content (AvgIpc) is 2.36. The van der Waals surface area contributed by atoms with Gasteiger partial charge in [0.2, 0.25) is 0 Å². The number of nitrogens with two attached hydrogens (primary N) is 1. The highest BCUT2D eigenvalue weighted by Crippen LogP contribution is 2.22. The van der Waals surface area contributed by atoms with E-state index in [-0.39, 0.29) is 18.0 Å². The largest absolute Gasteiger partial charge is 0.491 e. The van der Waals surface area contributed by atoms with Gasteiger partial charge in [0.05, 0.1) is 19.6 Å². The molecule has 0 aliphatic carbocycles. The van der Waals surface area contributed by atoms with Gasteiger partial charge in [-0.1, -0.05) is 12.1 Å². The zero-order chi connectivity index (χ0) is 13.5. The number of rotatable bonds is 6. The van der Waals surface area contributed by atoms with Crippen LogP contribution in [-0.4, -0.2) is 25.7 Å². The average molecular weight is 251 g/mol. The molecule has 0 aromatic heterocycles. The molecule has 1 atom stereocenters. The van der Waals surface area contributed by atoms with E-state index in [2.05, 4.69) is 4.74 Å². The predicted molar refractivity (Wildman–Crippen MR) is 70.6 cm³/mol. The second-order valence-corrected chi connectivity index (χ2v) is 4.45. The standard InChI is InChI=1S/C14H21NO3/c1-10(2)18-13-6-4-11(5-7-13)12(9-15)8-14(16)17-3/h4-7,10,12H,8-9,15H2,1-3H3. The van der Waals surface area contributed by atoms with Gasteiger partial charge >= 0.3 is 5.97 Å². The second kappa shape index (κ2) is 7.01. The van der Waals surface area contributed by atoms with Crippen molar-refractivity contribution < 1.29 is 14.3 Å². The van der Waals surface area contributed by atoms with E-state index < -0.39 is 0 Å². The molecule has 1 aromatic carbocycles. The van der Waals surface area contributed by atoms with E-state index in [1.54, 1.807) is 0 Å². The molecule has 4 heteroatoms. The van der Waals surface area contributed by atoms with E-state index >= 15 is 0 Å². The van der Waals surface area contributed by atoms with Crippen LogP contribution < -0.4 is 10.5 Å². The Morgan fingerprint density at radius 2 is 1.89 bits per heavy atom. The van der Waals surface area contributed by atoms with Crippen LogP contribution in [0.1, 0.15) is 31.7 Å². The number of carbonyl (C=O) groups is 1. The third kappa shape index (κ3) is 4.37. The summed E-state index contributed by atoms with van der Waals surface area (Å²) in [4.78, 5) is 11.3. The van der Waals surface area contributed by atoms with Crippen LogP contribution in [0.25, 0.3) is 0 Å². The molecular weight excluding hydrogens is 230 g/mol. The van der Waals surface area contributed by atoms with Crippen molar-refractivity contribution in [3.63, 3.8) is 0 Å². The van der Waals surface area contributed by atoms with Crippen LogP contribution in [0.2, 0.25) is 0 Å². The van der Waals surface area contributed by atoms with Crippen molar-refractivity contribution in [3.05, 3.63) is 29.8 Å². The van der Waals surface area contributed by atoms with Crippen molar-refractivity contribution in [1.82, 2.24) is 0 Å². The Morgan fingerprint density at radius 3 is 2.33 bits per heavy atom. The van der Waals surface area contributed by atoms with E-state index in [0.717, 1.165) is 11.3 Å². The van der Waals surface area contributed by atoms with Crippen molar-refractivity contribution >= 4 is 5.97 Å². The van der Waals surface area contributed by atoms with Crippen molar-refractivity contribution in [2.24, 2.45) is 5.73 Å². The van der Waals surface area contributed by atoms with Gasteiger partial charge in [-0.25, -0.2) is 0 Å². The first kappa shape index (κ1) is 14.5. The summed E-state index contributed by atoms with van der Waals surface area (Å²) in [5.74, 6) is 0.570. The minimum atomic E-state index is -0.243. The normalized spacial score (nSPS) is 12.3. The topological polar surface area (TPSA) is 61.5 Å². The number of hydrogen-bond donors (Lipinski definition) is 1. The molecule has 100 valence electrons. The molecule has 1 rings (SSSR count). The number of benzene rings is 1. The molecular formula is C14H21NO3. The van der Waals surface area contributed by atoms with E-state index in [1.807, 2.05) is 38.1 Å². The number of ether oxygens (including phenoxy) is 2. The minimum absolute atomic E-state index is 0.00875. The van der Waals surface area contributed by atoms with Gasteiger partial charge in [0, 0.05) is 5.92 Å². The summed E-state index contributed by atoms with van der Waals surface area (Å²) in [7, 11) is 1.38. The molecule has 4 nitrogen and oxygen atoms in total. The smallest absolute Gasteiger partial charge is 0.306 e. The van der Waals surface area contributed by atoms with Gasteiger partial charge < -0.3 is 15.2 Å². The summed E-state index contributed by atoms with van der Waals surface area (Å²) < 4.78 is 10.2. The summed E-state index contributed by atoms with van der Waals surface area (Å²) in [6.45, 7) is 4.38. The Morgan fingerprint density at radius 1 is 1.28 bits per heavy atom. The summed E-state index contributed by atoms with van der Waals surface area (Å²) in [5, 5.41) is 0.